The zero-order chi connectivity index (χ0) is 26.6. The van der Waals surface area contributed by atoms with Gasteiger partial charge in [0.2, 0.25) is 0 Å². The average Bonchev–Trinajstić information content (AvgIpc) is 2.87. The number of nitrogens with zero attached hydrogens (tertiary/aromatic N) is 2. The summed E-state index contributed by atoms with van der Waals surface area (Å²) in [6.45, 7) is -0.830. The van der Waals surface area contributed by atoms with Crippen molar-refractivity contribution in [2.45, 2.75) is 11.1 Å². The van der Waals surface area contributed by atoms with Crippen LogP contribution in [0.15, 0.2) is 101 Å². The highest BCUT2D eigenvalue weighted by atomic mass is 35.5. The second-order valence-electron chi connectivity index (χ2n) is 7.85. The van der Waals surface area contributed by atoms with Gasteiger partial charge in [-0.25, -0.2) is 13.8 Å². The maximum atomic E-state index is 13.5. The molecule has 0 fully saturated rings. The molecule has 0 saturated carbocycles. The molecule has 0 aliphatic rings. The summed E-state index contributed by atoms with van der Waals surface area (Å²) < 4.78 is 67.7. The molecule has 4 aromatic carbocycles. The molecule has 0 aliphatic carbocycles. The fourth-order valence-corrected chi connectivity index (χ4v) is 5.28. The summed E-state index contributed by atoms with van der Waals surface area (Å²) in [7, 11) is -4.42. The van der Waals surface area contributed by atoms with Crippen molar-refractivity contribution in [1.29, 1.82) is 0 Å². The third kappa shape index (κ3) is 5.92. The molecule has 0 unspecified atom stereocenters. The van der Waals surface area contributed by atoms with Gasteiger partial charge in [0.25, 0.3) is 15.9 Å². The van der Waals surface area contributed by atoms with Crippen molar-refractivity contribution in [3.05, 3.63) is 107 Å². The number of alkyl halides is 3. The zero-order valence-corrected chi connectivity index (χ0v) is 20.6. The van der Waals surface area contributed by atoms with Crippen LogP contribution in [0.5, 0.6) is 0 Å². The Labute approximate surface area is 216 Å². The van der Waals surface area contributed by atoms with E-state index < -0.39 is 39.2 Å². The number of fused-ring (bicyclic) bond motifs is 1. The van der Waals surface area contributed by atoms with Gasteiger partial charge in [-0.3, -0.25) is 9.10 Å². The Hall–Kier alpha value is -3.89. The Morgan fingerprint density at radius 1 is 0.946 bits per heavy atom. The number of anilines is 1. The average molecular weight is 546 g/mol. The first-order chi connectivity index (χ1) is 17.6. The molecule has 0 heterocycles. The van der Waals surface area contributed by atoms with Crippen molar-refractivity contribution in [3.8, 4) is 0 Å². The van der Waals surface area contributed by atoms with E-state index in [0.29, 0.717) is 15.9 Å². The molecule has 4 aromatic rings. The summed E-state index contributed by atoms with van der Waals surface area (Å²) in [5, 5.41) is 5.16. The van der Waals surface area contributed by atoms with Crippen LogP contribution >= 0.6 is 11.6 Å². The zero-order valence-electron chi connectivity index (χ0n) is 19.0. The topological polar surface area (TPSA) is 78.8 Å². The Bertz CT molecular complexity index is 1570. The van der Waals surface area contributed by atoms with Gasteiger partial charge in [0.1, 0.15) is 6.54 Å². The van der Waals surface area contributed by atoms with E-state index in [9.17, 15) is 26.4 Å². The lowest BCUT2D eigenvalue weighted by Crippen LogP contribution is -2.39. The van der Waals surface area contributed by atoms with Gasteiger partial charge in [0.05, 0.1) is 27.4 Å². The third-order valence-electron chi connectivity index (χ3n) is 5.38. The van der Waals surface area contributed by atoms with Crippen LogP contribution in [0, 0.1) is 0 Å². The van der Waals surface area contributed by atoms with Gasteiger partial charge in [-0.2, -0.15) is 18.3 Å². The summed E-state index contributed by atoms with van der Waals surface area (Å²) in [5.41, 5.74) is 1.35. The lowest BCUT2D eigenvalue weighted by molar-refractivity contribution is -0.137. The van der Waals surface area contributed by atoms with Crippen molar-refractivity contribution in [2.24, 2.45) is 5.10 Å². The van der Waals surface area contributed by atoms with Gasteiger partial charge in [0.15, 0.2) is 0 Å². The normalized spacial score (nSPS) is 12.1. The van der Waals surface area contributed by atoms with Gasteiger partial charge in [-0.15, -0.1) is 0 Å². The molecule has 0 bridgehead atoms. The molecule has 37 heavy (non-hydrogen) atoms. The molecule has 11 heteroatoms. The fourth-order valence-electron chi connectivity index (χ4n) is 3.62. The van der Waals surface area contributed by atoms with Crippen LogP contribution in [-0.4, -0.2) is 27.1 Å². The van der Waals surface area contributed by atoms with Crippen molar-refractivity contribution in [2.75, 3.05) is 10.8 Å². The molecule has 4 rings (SSSR count). The van der Waals surface area contributed by atoms with Crippen molar-refractivity contribution < 1.29 is 26.4 Å². The largest absolute Gasteiger partial charge is 0.417 e. The summed E-state index contributed by atoms with van der Waals surface area (Å²) in [6, 6.07) is 22.7. The van der Waals surface area contributed by atoms with E-state index in [0.717, 1.165) is 22.9 Å². The van der Waals surface area contributed by atoms with Gasteiger partial charge >= 0.3 is 6.18 Å². The first-order valence-electron chi connectivity index (χ1n) is 10.8. The highest BCUT2D eigenvalue weighted by Crippen LogP contribution is 2.38. The van der Waals surface area contributed by atoms with E-state index in [1.165, 1.54) is 30.5 Å². The number of rotatable bonds is 7. The number of carbonyl (C=O) groups is 1. The molecule has 0 spiro atoms. The van der Waals surface area contributed by atoms with Crippen LogP contribution in [0.1, 0.15) is 11.1 Å². The molecule has 0 saturated heterocycles. The Balaban J connectivity index is 1.64. The first-order valence-corrected chi connectivity index (χ1v) is 12.6. The van der Waals surface area contributed by atoms with Gasteiger partial charge in [-0.05, 0) is 41.1 Å². The van der Waals surface area contributed by atoms with Crippen molar-refractivity contribution in [3.63, 3.8) is 0 Å². The molecule has 0 aromatic heterocycles. The lowest BCUT2D eigenvalue weighted by Gasteiger charge is -2.24. The highest BCUT2D eigenvalue weighted by molar-refractivity contribution is 7.92. The lowest BCUT2D eigenvalue weighted by atomic mass is 10.1. The number of halogens is 4. The molecule has 1 amide bonds. The number of hydrogen-bond donors (Lipinski definition) is 1. The molecule has 190 valence electrons. The molecule has 0 radical (unpaired) electrons. The predicted octanol–water partition coefficient (Wildman–Crippen LogP) is 5.86. The number of carbonyl (C=O) groups excluding carboxylic acids is 1. The highest BCUT2D eigenvalue weighted by Gasteiger charge is 2.35. The monoisotopic (exact) mass is 545 g/mol. The number of hydrazone groups is 1. The Kier molecular flexibility index (Phi) is 7.51. The van der Waals surface area contributed by atoms with Crippen LogP contribution in [0.25, 0.3) is 10.8 Å². The molecule has 0 aliphatic heterocycles. The summed E-state index contributed by atoms with van der Waals surface area (Å²) >= 11 is 5.70. The van der Waals surface area contributed by atoms with Crippen LogP contribution in [-0.2, 0) is 21.0 Å². The minimum absolute atomic E-state index is 0.203. The number of nitrogens with one attached hydrogen (secondary N) is 1. The van der Waals surface area contributed by atoms with Crippen LogP contribution in [0.3, 0.4) is 0 Å². The third-order valence-corrected chi connectivity index (χ3v) is 7.50. The quantitative estimate of drug-likeness (QED) is 0.233. The standard InChI is InChI=1S/C26H19ClF3N3O3S/c27-24-14-13-20(15-23(24)26(28,29)30)33(37(35,36)21-10-2-1-3-11-21)17-25(34)32-31-16-19-9-6-8-18-7-4-5-12-22(18)19/h1-16H,17H2,(H,32,34)/b31-16-. The minimum atomic E-state index is -4.83. The predicted molar refractivity (Wildman–Crippen MR) is 137 cm³/mol. The number of hydrogen-bond acceptors (Lipinski definition) is 4. The molecule has 0 atom stereocenters. The van der Waals surface area contributed by atoms with Gasteiger partial charge in [0, 0.05) is 5.56 Å². The first kappa shape index (κ1) is 26.2. The van der Waals surface area contributed by atoms with Gasteiger partial charge < -0.3 is 0 Å². The molecule has 1 N–H and O–H groups in total. The van der Waals surface area contributed by atoms with Crippen molar-refractivity contribution >= 4 is 50.2 Å². The molecular formula is C26H19ClF3N3O3S. The summed E-state index contributed by atoms with van der Waals surface area (Å²) in [4.78, 5) is 12.5. The van der Waals surface area contributed by atoms with E-state index in [4.69, 9.17) is 11.6 Å². The summed E-state index contributed by atoms with van der Waals surface area (Å²) in [6.07, 6.45) is -3.43. The van der Waals surface area contributed by atoms with Gasteiger partial charge in [-0.1, -0.05) is 72.3 Å². The molecule has 6 nitrogen and oxygen atoms in total. The second-order valence-corrected chi connectivity index (χ2v) is 10.1. The smallest absolute Gasteiger partial charge is 0.271 e. The Morgan fingerprint density at radius 2 is 1.62 bits per heavy atom. The van der Waals surface area contributed by atoms with E-state index in [2.05, 4.69) is 10.5 Å². The fraction of sp³-hybridized carbons (Fsp3) is 0.0769. The van der Waals surface area contributed by atoms with E-state index >= 15 is 0 Å². The van der Waals surface area contributed by atoms with Crippen LogP contribution in [0.2, 0.25) is 5.02 Å². The van der Waals surface area contributed by atoms with E-state index in [1.54, 1.807) is 12.1 Å². The van der Waals surface area contributed by atoms with E-state index in [1.807, 2.05) is 36.4 Å². The maximum absolute atomic E-state index is 13.5. The van der Waals surface area contributed by atoms with Crippen LogP contribution in [0.4, 0.5) is 18.9 Å². The number of sulfonamides is 1. The second kappa shape index (κ2) is 10.6. The number of amides is 1. The van der Waals surface area contributed by atoms with Crippen molar-refractivity contribution in [1.82, 2.24) is 5.43 Å². The number of benzene rings is 4. The minimum Gasteiger partial charge on any atom is -0.271 e. The Morgan fingerprint density at radius 3 is 2.35 bits per heavy atom. The maximum Gasteiger partial charge on any atom is 0.417 e. The molecular weight excluding hydrogens is 527 g/mol. The van der Waals surface area contributed by atoms with Crippen LogP contribution < -0.4 is 9.73 Å². The van der Waals surface area contributed by atoms with E-state index in [-0.39, 0.29) is 10.6 Å². The SMILES string of the molecule is O=C(CN(c1ccc(Cl)c(C(F)(F)F)c1)S(=O)(=O)c1ccccc1)N/N=C\c1cccc2ccccc12. The summed E-state index contributed by atoms with van der Waals surface area (Å²) in [5.74, 6) is -0.862.